The van der Waals surface area contributed by atoms with E-state index in [9.17, 15) is 4.79 Å². The van der Waals surface area contributed by atoms with E-state index >= 15 is 0 Å². The molecule has 3 rings (SSSR count). The van der Waals surface area contributed by atoms with E-state index in [0.29, 0.717) is 19.7 Å². The Bertz CT molecular complexity index is 831. The van der Waals surface area contributed by atoms with Crippen molar-refractivity contribution in [2.45, 2.75) is 0 Å². The van der Waals surface area contributed by atoms with Crippen molar-refractivity contribution in [1.82, 2.24) is 9.88 Å². The Morgan fingerprint density at radius 1 is 1.08 bits per heavy atom. The minimum absolute atomic E-state index is 0.0569. The molecule has 3 aromatic rings. The number of anilines is 1. The van der Waals surface area contributed by atoms with Crippen LogP contribution in [0.2, 0.25) is 0 Å². The van der Waals surface area contributed by atoms with Gasteiger partial charge in [-0.15, -0.1) is 0 Å². The van der Waals surface area contributed by atoms with Crippen LogP contribution < -0.4 is 10.1 Å². The van der Waals surface area contributed by atoms with Gasteiger partial charge in [0.1, 0.15) is 12.4 Å². The van der Waals surface area contributed by atoms with Crippen molar-refractivity contribution in [2.75, 3.05) is 32.1 Å². The molecule has 1 heterocycles. The summed E-state index contributed by atoms with van der Waals surface area (Å²) in [4.78, 5) is 18.5. The summed E-state index contributed by atoms with van der Waals surface area (Å²) in [6.07, 6.45) is 1.74. The third-order valence-corrected chi connectivity index (χ3v) is 3.82. The van der Waals surface area contributed by atoms with Crippen LogP contribution in [0, 0.1) is 0 Å². The highest BCUT2D eigenvalue weighted by Gasteiger charge is 2.09. The van der Waals surface area contributed by atoms with Gasteiger partial charge in [-0.3, -0.25) is 14.7 Å². The average Bonchev–Trinajstić information content (AvgIpc) is 2.63. The molecule has 0 aliphatic rings. The van der Waals surface area contributed by atoms with Crippen LogP contribution in [0.15, 0.2) is 66.9 Å². The molecule has 128 valence electrons. The Labute approximate surface area is 147 Å². The van der Waals surface area contributed by atoms with Crippen molar-refractivity contribution in [2.24, 2.45) is 0 Å². The van der Waals surface area contributed by atoms with Crippen LogP contribution in [0.1, 0.15) is 0 Å². The highest BCUT2D eigenvalue weighted by molar-refractivity contribution is 6.01. The lowest BCUT2D eigenvalue weighted by molar-refractivity contribution is -0.117. The molecule has 1 N–H and O–H groups in total. The Morgan fingerprint density at radius 3 is 2.76 bits per heavy atom. The quantitative estimate of drug-likeness (QED) is 0.720. The summed E-state index contributed by atoms with van der Waals surface area (Å²) >= 11 is 0. The second-order valence-electron chi connectivity index (χ2n) is 5.82. The number of ether oxygens (including phenoxy) is 1. The minimum Gasteiger partial charge on any atom is -0.492 e. The van der Waals surface area contributed by atoms with Crippen molar-refractivity contribution in [3.8, 4) is 5.75 Å². The predicted molar refractivity (Wildman–Crippen MR) is 99.8 cm³/mol. The normalized spacial score (nSPS) is 10.8. The first kappa shape index (κ1) is 16.9. The maximum atomic E-state index is 12.3. The van der Waals surface area contributed by atoms with E-state index in [4.69, 9.17) is 4.74 Å². The largest absolute Gasteiger partial charge is 0.492 e. The number of nitrogens with one attached hydrogen (secondary N) is 1. The van der Waals surface area contributed by atoms with E-state index in [2.05, 4.69) is 10.3 Å². The number of nitrogens with zero attached hydrogens (tertiary/aromatic N) is 2. The van der Waals surface area contributed by atoms with Gasteiger partial charge in [0.2, 0.25) is 5.91 Å². The molecule has 0 bridgehead atoms. The SMILES string of the molecule is CN(CCOc1ccccc1)CC(=O)Nc1cccc2ncccc12. The summed E-state index contributed by atoms with van der Waals surface area (Å²) in [5.41, 5.74) is 1.65. The number of rotatable bonds is 7. The maximum Gasteiger partial charge on any atom is 0.238 e. The first-order valence-electron chi connectivity index (χ1n) is 8.22. The highest BCUT2D eigenvalue weighted by Crippen LogP contribution is 2.21. The van der Waals surface area contributed by atoms with Crippen LogP contribution >= 0.6 is 0 Å². The molecule has 0 aliphatic heterocycles. The molecule has 5 heteroatoms. The van der Waals surface area contributed by atoms with E-state index in [0.717, 1.165) is 22.3 Å². The standard InChI is InChI=1S/C20H21N3O2/c1-23(13-14-25-16-7-3-2-4-8-16)15-20(24)22-19-11-5-10-18-17(19)9-6-12-21-18/h2-12H,13-15H2,1H3,(H,22,24). The maximum absolute atomic E-state index is 12.3. The molecule has 0 radical (unpaired) electrons. The first-order valence-corrected chi connectivity index (χ1v) is 8.22. The smallest absolute Gasteiger partial charge is 0.238 e. The van der Waals surface area contributed by atoms with Gasteiger partial charge in [0.25, 0.3) is 0 Å². The predicted octanol–water partition coefficient (Wildman–Crippen LogP) is 3.18. The number of benzene rings is 2. The lowest BCUT2D eigenvalue weighted by atomic mass is 10.2. The average molecular weight is 335 g/mol. The number of aromatic nitrogens is 1. The Kier molecular flexibility index (Phi) is 5.59. The topological polar surface area (TPSA) is 54.5 Å². The van der Waals surface area contributed by atoms with Crippen molar-refractivity contribution in [3.05, 3.63) is 66.9 Å². The molecule has 0 saturated heterocycles. The number of carbonyl (C=O) groups is 1. The molecule has 0 saturated carbocycles. The number of likely N-dealkylation sites (N-methyl/N-ethyl adjacent to an activating group) is 1. The molecule has 1 aromatic heterocycles. The summed E-state index contributed by atoms with van der Waals surface area (Å²) in [5.74, 6) is 0.780. The lowest BCUT2D eigenvalue weighted by Crippen LogP contribution is -2.33. The molecule has 0 spiro atoms. The van der Waals surface area contributed by atoms with Crippen molar-refractivity contribution >= 4 is 22.5 Å². The van der Waals surface area contributed by atoms with E-state index in [1.807, 2.05) is 72.6 Å². The van der Waals surface area contributed by atoms with Gasteiger partial charge < -0.3 is 10.1 Å². The monoisotopic (exact) mass is 335 g/mol. The minimum atomic E-state index is -0.0569. The molecule has 25 heavy (non-hydrogen) atoms. The Balaban J connectivity index is 1.50. The van der Waals surface area contributed by atoms with Crippen molar-refractivity contribution in [3.63, 3.8) is 0 Å². The number of hydrogen-bond acceptors (Lipinski definition) is 4. The number of pyridine rings is 1. The fraction of sp³-hybridized carbons (Fsp3) is 0.200. The molecule has 2 aromatic carbocycles. The number of hydrogen-bond donors (Lipinski definition) is 1. The molecule has 0 unspecified atom stereocenters. The van der Waals surface area contributed by atoms with Gasteiger partial charge >= 0.3 is 0 Å². The zero-order chi connectivity index (χ0) is 17.5. The zero-order valence-corrected chi connectivity index (χ0v) is 14.2. The molecular weight excluding hydrogens is 314 g/mol. The van der Waals surface area contributed by atoms with Gasteiger partial charge in [-0.1, -0.05) is 24.3 Å². The first-order chi connectivity index (χ1) is 12.2. The van der Waals surface area contributed by atoms with Crippen molar-refractivity contribution in [1.29, 1.82) is 0 Å². The number of para-hydroxylation sites is 1. The van der Waals surface area contributed by atoms with Gasteiger partial charge in [-0.05, 0) is 43.4 Å². The fourth-order valence-corrected chi connectivity index (χ4v) is 2.56. The molecule has 5 nitrogen and oxygen atoms in total. The summed E-state index contributed by atoms with van der Waals surface area (Å²) in [5, 5.41) is 3.90. The van der Waals surface area contributed by atoms with Gasteiger partial charge in [0.05, 0.1) is 17.7 Å². The Morgan fingerprint density at radius 2 is 1.92 bits per heavy atom. The van der Waals surface area contributed by atoms with Crippen LogP contribution in [0.3, 0.4) is 0 Å². The summed E-state index contributed by atoms with van der Waals surface area (Å²) in [6.45, 7) is 1.50. The van der Waals surface area contributed by atoms with E-state index in [1.165, 1.54) is 0 Å². The number of amides is 1. The Hall–Kier alpha value is -2.92. The van der Waals surface area contributed by atoms with Crippen LogP contribution in [0.4, 0.5) is 5.69 Å². The summed E-state index contributed by atoms with van der Waals surface area (Å²) in [6, 6.07) is 19.2. The second kappa shape index (κ2) is 8.26. The van der Waals surface area contributed by atoms with Crippen LogP contribution in [-0.2, 0) is 4.79 Å². The zero-order valence-electron chi connectivity index (χ0n) is 14.2. The second-order valence-corrected chi connectivity index (χ2v) is 5.82. The molecule has 0 fully saturated rings. The summed E-state index contributed by atoms with van der Waals surface area (Å²) < 4.78 is 5.65. The van der Waals surface area contributed by atoms with Crippen molar-refractivity contribution < 1.29 is 9.53 Å². The molecule has 0 aliphatic carbocycles. The van der Waals surface area contributed by atoms with Gasteiger partial charge in [-0.25, -0.2) is 0 Å². The highest BCUT2D eigenvalue weighted by atomic mass is 16.5. The number of carbonyl (C=O) groups excluding carboxylic acids is 1. The number of fused-ring (bicyclic) bond motifs is 1. The fourth-order valence-electron chi connectivity index (χ4n) is 2.56. The van der Waals surface area contributed by atoms with Gasteiger partial charge in [0.15, 0.2) is 0 Å². The van der Waals surface area contributed by atoms with E-state index in [1.54, 1.807) is 6.20 Å². The van der Waals surface area contributed by atoms with Gasteiger partial charge in [-0.2, -0.15) is 0 Å². The molecule has 0 atom stereocenters. The van der Waals surface area contributed by atoms with Crippen LogP contribution in [0.5, 0.6) is 5.75 Å². The third-order valence-electron chi connectivity index (χ3n) is 3.82. The van der Waals surface area contributed by atoms with Crippen LogP contribution in [0.25, 0.3) is 10.9 Å². The van der Waals surface area contributed by atoms with Crippen LogP contribution in [-0.4, -0.2) is 42.5 Å². The van der Waals surface area contributed by atoms with Gasteiger partial charge in [0, 0.05) is 18.1 Å². The van der Waals surface area contributed by atoms with E-state index in [-0.39, 0.29) is 5.91 Å². The summed E-state index contributed by atoms with van der Waals surface area (Å²) in [7, 11) is 1.90. The van der Waals surface area contributed by atoms with E-state index < -0.39 is 0 Å². The lowest BCUT2D eigenvalue weighted by Gasteiger charge is -2.17. The third kappa shape index (κ3) is 4.78. The molecular formula is C20H21N3O2. The molecule has 1 amide bonds.